The quantitative estimate of drug-likeness (QED) is 0.168. The van der Waals surface area contributed by atoms with Crippen LogP contribution >= 0.6 is 0 Å². The van der Waals surface area contributed by atoms with E-state index in [2.05, 4.69) is 25.9 Å². The van der Waals surface area contributed by atoms with Crippen molar-refractivity contribution in [2.75, 3.05) is 56.7 Å². The van der Waals surface area contributed by atoms with Crippen molar-refractivity contribution in [3.63, 3.8) is 0 Å². The van der Waals surface area contributed by atoms with E-state index >= 15 is 0 Å². The summed E-state index contributed by atoms with van der Waals surface area (Å²) >= 11 is 0. The Bertz CT molecular complexity index is 1410. The summed E-state index contributed by atoms with van der Waals surface area (Å²) in [4.78, 5) is 10.9. The van der Waals surface area contributed by atoms with Gasteiger partial charge >= 0.3 is 0 Å². The molecule has 214 valence electrons. The van der Waals surface area contributed by atoms with Gasteiger partial charge in [0.05, 0.1) is 29.0 Å². The maximum absolute atomic E-state index is 12.7. The second-order valence-corrected chi connectivity index (χ2v) is 11.5. The number of hydrogen-bond donors (Lipinski definition) is 4. The van der Waals surface area contributed by atoms with Crippen LogP contribution in [0.5, 0.6) is 0 Å². The summed E-state index contributed by atoms with van der Waals surface area (Å²) in [6.07, 6.45) is 1.10. The number of nitrogens with zero attached hydrogens (tertiary/aromatic N) is 5. The second kappa shape index (κ2) is 14.6. The molecule has 0 saturated heterocycles. The van der Waals surface area contributed by atoms with Crippen LogP contribution in [0.1, 0.15) is 18.1 Å². The number of azo groups is 1. The lowest BCUT2D eigenvalue weighted by atomic mass is 10.1. The van der Waals surface area contributed by atoms with Crippen molar-refractivity contribution in [1.82, 2.24) is 9.88 Å². The Hall–Kier alpha value is -3.71. The molecule has 2 aromatic carbocycles. The molecule has 0 spiro atoms. The van der Waals surface area contributed by atoms with Gasteiger partial charge < -0.3 is 25.7 Å². The van der Waals surface area contributed by atoms with Crippen molar-refractivity contribution < 1.29 is 18.6 Å². The molecule has 0 aliphatic heterocycles. The Kier molecular flexibility index (Phi) is 11.3. The second-order valence-electron chi connectivity index (χ2n) is 9.34. The van der Waals surface area contributed by atoms with Gasteiger partial charge in [-0.2, -0.15) is 5.11 Å². The number of aliphatic hydroxyl groups excluding tert-OH is 2. The number of sulfone groups is 1. The molecule has 40 heavy (non-hydrogen) atoms. The fourth-order valence-electron chi connectivity index (χ4n) is 3.75. The number of benzene rings is 2. The zero-order valence-corrected chi connectivity index (χ0v) is 24.1. The van der Waals surface area contributed by atoms with Gasteiger partial charge in [0.15, 0.2) is 15.7 Å². The van der Waals surface area contributed by atoms with Crippen LogP contribution in [0.4, 0.5) is 28.7 Å². The van der Waals surface area contributed by atoms with Crippen LogP contribution < -0.4 is 10.6 Å². The van der Waals surface area contributed by atoms with Crippen molar-refractivity contribution in [2.45, 2.75) is 24.8 Å². The highest BCUT2D eigenvalue weighted by molar-refractivity contribution is 7.91. The minimum absolute atomic E-state index is 0.0261. The number of rotatable bonds is 14. The molecule has 0 aliphatic carbocycles. The van der Waals surface area contributed by atoms with Crippen LogP contribution in [0.15, 0.2) is 74.7 Å². The predicted octanol–water partition coefficient (Wildman–Crippen LogP) is 4.09. The fourth-order valence-corrected chi connectivity index (χ4v) is 5.08. The van der Waals surface area contributed by atoms with Gasteiger partial charge in [0.25, 0.3) is 0 Å². The van der Waals surface area contributed by atoms with Gasteiger partial charge in [-0.3, -0.25) is 4.99 Å². The first-order valence-electron chi connectivity index (χ1n) is 12.9. The highest BCUT2D eigenvalue weighted by Crippen LogP contribution is 2.36. The lowest BCUT2D eigenvalue weighted by molar-refractivity contribution is 0.208. The minimum atomic E-state index is -3.49. The number of hydrogen-bond acceptors (Lipinski definition) is 11. The van der Waals surface area contributed by atoms with E-state index in [1.54, 1.807) is 44.3 Å². The Morgan fingerprint density at radius 3 is 2.38 bits per heavy atom. The van der Waals surface area contributed by atoms with E-state index in [-0.39, 0.29) is 17.3 Å². The van der Waals surface area contributed by atoms with Gasteiger partial charge in [0, 0.05) is 44.1 Å². The molecular weight excluding hydrogens is 530 g/mol. The molecule has 0 aliphatic rings. The zero-order valence-electron chi connectivity index (χ0n) is 23.2. The highest BCUT2D eigenvalue weighted by atomic mass is 32.2. The first-order valence-corrected chi connectivity index (χ1v) is 14.5. The van der Waals surface area contributed by atoms with E-state index in [1.807, 2.05) is 37.3 Å². The smallest absolute Gasteiger partial charge is 0.179 e. The Labute approximate surface area is 235 Å². The molecule has 11 nitrogen and oxygen atoms in total. The summed E-state index contributed by atoms with van der Waals surface area (Å²) in [7, 11) is -0.0623. The first-order chi connectivity index (χ1) is 19.1. The van der Waals surface area contributed by atoms with Gasteiger partial charge in [-0.1, -0.05) is 18.2 Å². The number of pyridine rings is 1. The number of anilines is 3. The molecule has 1 aromatic heterocycles. The molecule has 0 saturated carbocycles. The third-order valence-electron chi connectivity index (χ3n) is 6.01. The average molecular weight is 568 g/mol. The molecule has 3 rings (SSSR count). The number of aliphatic imine (C=N–C) groups is 1. The van der Waals surface area contributed by atoms with Gasteiger partial charge in [0.1, 0.15) is 11.5 Å². The summed E-state index contributed by atoms with van der Waals surface area (Å²) < 4.78 is 25.5. The molecule has 12 heteroatoms. The van der Waals surface area contributed by atoms with Crippen molar-refractivity contribution in [3.05, 3.63) is 65.7 Å². The van der Waals surface area contributed by atoms with Gasteiger partial charge in [-0.05, 0) is 62.9 Å². The van der Waals surface area contributed by atoms with Crippen molar-refractivity contribution in [1.29, 1.82) is 0 Å². The van der Waals surface area contributed by atoms with Crippen molar-refractivity contribution in [3.8, 4) is 0 Å². The molecule has 4 N–H and O–H groups in total. The summed E-state index contributed by atoms with van der Waals surface area (Å²) in [5.41, 5.74) is 3.25. The molecule has 1 unspecified atom stereocenters. The molecule has 0 bridgehead atoms. The van der Waals surface area contributed by atoms with E-state index < -0.39 is 15.9 Å². The maximum atomic E-state index is 12.7. The number of aliphatic hydroxyl groups is 2. The Morgan fingerprint density at radius 1 is 1.05 bits per heavy atom. The largest absolute Gasteiger partial charge is 0.395 e. The first kappa shape index (κ1) is 30.8. The van der Waals surface area contributed by atoms with E-state index in [0.717, 1.165) is 11.3 Å². The lowest BCUT2D eigenvalue weighted by Gasteiger charge is -2.17. The van der Waals surface area contributed by atoms with Crippen LogP contribution in [0.3, 0.4) is 0 Å². The summed E-state index contributed by atoms with van der Waals surface area (Å²) in [6, 6.07) is 15.8. The molecule has 1 heterocycles. The SMILES string of the molecule is CN=Cc1c(NCC(C)O)nc(Nc2ccccc2)c(N=Nc2ccc(S(=O)(=O)CCN(C)CCO)cc2)c1C. The third kappa shape index (κ3) is 8.65. The maximum Gasteiger partial charge on any atom is 0.179 e. The highest BCUT2D eigenvalue weighted by Gasteiger charge is 2.18. The summed E-state index contributed by atoms with van der Waals surface area (Å²) in [6.45, 7) is 4.58. The zero-order chi connectivity index (χ0) is 29.1. The van der Waals surface area contributed by atoms with E-state index in [9.17, 15) is 13.5 Å². The van der Waals surface area contributed by atoms with Gasteiger partial charge in [0.2, 0.25) is 0 Å². The molecule has 3 aromatic rings. The van der Waals surface area contributed by atoms with E-state index in [1.165, 1.54) is 12.1 Å². The Morgan fingerprint density at radius 2 is 1.75 bits per heavy atom. The van der Waals surface area contributed by atoms with Crippen LogP contribution in [-0.4, -0.2) is 86.9 Å². The summed E-state index contributed by atoms with van der Waals surface area (Å²) in [5.74, 6) is 0.946. The van der Waals surface area contributed by atoms with Crippen LogP contribution in [0.25, 0.3) is 0 Å². The topological polar surface area (TPSA) is 152 Å². The Balaban J connectivity index is 1.94. The minimum Gasteiger partial charge on any atom is -0.395 e. The van der Waals surface area contributed by atoms with Crippen LogP contribution in [0, 0.1) is 6.92 Å². The number of likely N-dealkylation sites (N-methyl/N-ethyl adjacent to an activating group) is 1. The molecule has 1 atom stereocenters. The number of nitrogens with one attached hydrogen (secondary N) is 2. The van der Waals surface area contributed by atoms with Crippen molar-refractivity contribution >= 4 is 44.7 Å². The van der Waals surface area contributed by atoms with Crippen LogP contribution in [0.2, 0.25) is 0 Å². The van der Waals surface area contributed by atoms with Gasteiger partial charge in [-0.25, -0.2) is 13.4 Å². The van der Waals surface area contributed by atoms with Crippen molar-refractivity contribution in [2.24, 2.45) is 15.2 Å². The van der Waals surface area contributed by atoms with Gasteiger partial charge in [-0.15, -0.1) is 5.11 Å². The summed E-state index contributed by atoms with van der Waals surface area (Å²) in [5, 5.41) is 34.2. The molecular formula is C28H37N7O4S. The van der Waals surface area contributed by atoms with Crippen LogP contribution in [-0.2, 0) is 9.84 Å². The lowest BCUT2D eigenvalue weighted by Crippen LogP contribution is -2.28. The average Bonchev–Trinajstić information content (AvgIpc) is 2.93. The number of aromatic nitrogens is 1. The third-order valence-corrected chi connectivity index (χ3v) is 7.72. The van der Waals surface area contributed by atoms with E-state index in [4.69, 9.17) is 10.1 Å². The molecule has 0 fully saturated rings. The molecule has 0 amide bonds. The fraction of sp³-hybridized carbons (Fsp3) is 0.357. The van der Waals surface area contributed by atoms with E-state index in [0.29, 0.717) is 48.2 Å². The predicted molar refractivity (Wildman–Crippen MR) is 160 cm³/mol. The monoisotopic (exact) mass is 567 g/mol. The normalized spacial score (nSPS) is 12.9. The standard InChI is InChI=1S/C28H37N7O4S/c1-20(37)18-30-27-25(19-29-3)21(2)26(28(32-27)31-22-8-6-5-7-9-22)34-33-23-10-12-24(13-11-23)40(38,39)17-15-35(4)14-16-36/h5-13,19-20,36-37H,14-18H2,1-4H3,(H2,30,31,32). The molecule has 0 radical (unpaired) electrons. The number of para-hydroxylation sites is 1.